The molecular formula is C10H16N4O5S2. The smallest absolute Gasteiger partial charge is 0.304 e. The van der Waals surface area contributed by atoms with Gasteiger partial charge in [0.05, 0.1) is 4.92 Å². The summed E-state index contributed by atoms with van der Waals surface area (Å²) in [6.45, 7) is 2.23. The molecule has 4 N–H and O–H groups in total. The molecule has 118 valence electrons. The van der Waals surface area contributed by atoms with Gasteiger partial charge in [-0.2, -0.15) is 0 Å². The second-order valence-corrected chi connectivity index (χ2v) is 7.12. The Hall–Kier alpha value is -1.72. The summed E-state index contributed by atoms with van der Waals surface area (Å²) < 4.78 is 25.9. The molecule has 1 aromatic heterocycles. The van der Waals surface area contributed by atoms with E-state index in [4.69, 9.17) is 5.73 Å². The first kappa shape index (κ1) is 17.3. The minimum Gasteiger partial charge on any atom is -0.371 e. The molecule has 9 nitrogen and oxygen atoms in total. The van der Waals surface area contributed by atoms with Gasteiger partial charge < -0.3 is 11.1 Å². The highest BCUT2D eigenvalue weighted by atomic mass is 32.2. The first-order valence-corrected chi connectivity index (χ1v) is 8.38. The van der Waals surface area contributed by atoms with Crippen LogP contribution in [0.5, 0.6) is 0 Å². The van der Waals surface area contributed by atoms with Crippen LogP contribution < -0.4 is 15.8 Å². The number of carbonyl (C=O) groups is 1. The van der Waals surface area contributed by atoms with Crippen molar-refractivity contribution in [3.05, 3.63) is 16.2 Å². The van der Waals surface area contributed by atoms with Gasteiger partial charge in [-0.25, -0.2) is 13.1 Å². The van der Waals surface area contributed by atoms with Crippen LogP contribution in [-0.2, 0) is 14.8 Å². The molecule has 0 atom stereocenters. The molecule has 0 aromatic carbocycles. The minimum atomic E-state index is -3.90. The number of carbonyl (C=O) groups excluding carboxylic acids is 1. The van der Waals surface area contributed by atoms with Crippen molar-refractivity contribution in [2.24, 2.45) is 5.73 Å². The van der Waals surface area contributed by atoms with Gasteiger partial charge in [0, 0.05) is 25.6 Å². The Bertz CT molecular complexity index is 625. The van der Waals surface area contributed by atoms with E-state index in [-0.39, 0.29) is 27.9 Å². The normalized spacial score (nSPS) is 11.3. The van der Waals surface area contributed by atoms with Crippen molar-refractivity contribution >= 4 is 38.0 Å². The van der Waals surface area contributed by atoms with Crippen molar-refractivity contribution in [3.8, 4) is 0 Å². The van der Waals surface area contributed by atoms with Gasteiger partial charge in [-0.15, -0.1) is 0 Å². The van der Waals surface area contributed by atoms with Crippen LogP contribution in [0.3, 0.4) is 0 Å². The molecule has 0 spiro atoms. The van der Waals surface area contributed by atoms with Gasteiger partial charge in [0.1, 0.15) is 4.21 Å². The fourth-order valence-electron chi connectivity index (χ4n) is 1.37. The maximum absolute atomic E-state index is 12.0. The zero-order valence-corrected chi connectivity index (χ0v) is 12.9. The van der Waals surface area contributed by atoms with Crippen LogP contribution in [-0.4, -0.2) is 32.3 Å². The molecule has 0 aliphatic carbocycles. The average Bonchev–Trinajstić information content (AvgIpc) is 2.80. The summed E-state index contributed by atoms with van der Waals surface area (Å²) in [5.74, 6) is -0.639. The largest absolute Gasteiger partial charge is 0.371 e. The second kappa shape index (κ2) is 7.33. The molecule has 1 amide bonds. The van der Waals surface area contributed by atoms with Crippen molar-refractivity contribution in [2.75, 3.05) is 18.4 Å². The van der Waals surface area contributed by atoms with Crippen molar-refractivity contribution in [3.63, 3.8) is 0 Å². The lowest BCUT2D eigenvalue weighted by atomic mass is 10.4. The maximum atomic E-state index is 12.0. The van der Waals surface area contributed by atoms with Crippen molar-refractivity contribution in [2.45, 2.75) is 24.0 Å². The predicted molar refractivity (Wildman–Crippen MR) is 78.8 cm³/mol. The van der Waals surface area contributed by atoms with E-state index in [1.807, 2.05) is 6.92 Å². The summed E-state index contributed by atoms with van der Waals surface area (Å²) >= 11 is 0.774. The number of nitro groups is 1. The minimum absolute atomic E-state index is 0.145. The molecule has 0 unspecified atom stereocenters. The number of anilines is 1. The number of nitrogens with two attached hydrogens (primary N) is 1. The lowest BCUT2D eigenvalue weighted by Crippen LogP contribution is -2.27. The number of nitrogens with one attached hydrogen (secondary N) is 2. The summed E-state index contributed by atoms with van der Waals surface area (Å²) in [4.78, 5) is 20.9. The van der Waals surface area contributed by atoms with Gasteiger partial charge in [-0.1, -0.05) is 18.3 Å². The third-order valence-electron chi connectivity index (χ3n) is 2.35. The number of sulfonamides is 1. The lowest BCUT2D eigenvalue weighted by Gasteiger charge is -2.02. The molecule has 11 heteroatoms. The van der Waals surface area contributed by atoms with Gasteiger partial charge >= 0.3 is 5.69 Å². The van der Waals surface area contributed by atoms with Gasteiger partial charge in [0.2, 0.25) is 15.9 Å². The molecule has 1 rings (SSSR count). The van der Waals surface area contributed by atoms with Crippen LogP contribution in [0.25, 0.3) is 0 Å². The van der Waals surface area contributed by atoms with E-state index in [0.29, 0.717) is 6.54 Å². The topological polar surface area (TPSA) is 144 Å². The molecule has 0 fully saturated rings. The quantitative estimate of drug-likeness (QED) is 0.445. The Morgan fingerprint density at radius 1 is 1.48 bits per heavy atom. The third-order valence-corrected chi connectivity index (χ3v) is 5.37. The highest BCUT2D eigenvalue weighted by Gasteiger charge is 2.25. The van der Waals surface area contributed by atoms with Crippen LogP contribution in [0.2, 0.25) is 0 Å². The van der Waals surface area contributed by atoms with E-state index in [2.05, 4.69) is 10.0 Å². The molecule has 0 saturated heterocycles. The van der Waals surface area contributed by atoms with E-state index in [1.165, 1.54) is 0 Å². The fourth-order valence-corrected chi connectivity index (χ4v) is 3.80. The Labute approximate surface area is 125 Å². The van der Waals surface area contributed by atoms with E-state index in [1.54, 1.807) is 0 Å². The Morgan fingerprint density at radius 3 is 2.67 bits per heavy atom. The molecule has 0 saturated carbocycles. The molecule has 0 radical (unpaired) electrons. The Kier molecular flexibility index (Phi) is 6.05. The summed E-state index contributed by atoms with van der Waals surface area (Å²) in [7, 11) is -3.90. The van der Waals surface area contributed by atoms with Crippen LogP contribution in [0.4, 0.5) is 10.7 Å². The number of nitrogens with zero attached hydrogens (tertiary/aromatic N) is 1. The van der Waals surface area contributed by atoms with Crippen molar-refractivity contribution < 1.29 is 18.1 Å². The van der Waals surface area contributed by atoms with Gasteiger partial charge in [-0.3, -0.25) is 14.9 Å². The van der Waals surface area contributed by atoms with Crippen LogP contribution in [0, 0.1) is 10.1 Å². The van der Waals surface area contributed by atoms with Crippen molar-refractivity contribution in [1.29, 1.82) is 0 Å². The monoisotopic (exact) mass is 336 g/mol. The Morgan fingerprint density at radius 2 is 2.14 bits per heavy atom. The highest BCUT2D eigenvalue weighted by Crippen LogP contribution is 2.36. The zero-order chi connectivity index (χ0) is 16.0. The van der Waals surface area contributed by atoms with Crippen LogP contribution in [0.1, 0.15) is 19.8 Å². The Balaban J connectivity index is 2.96. The molecule has 21 heavy (non-hydrogen) atoms. The van der Waals surface area contributed by atoms with E-state index < -0.39 is 20.9 Å². The molecule has 0 aliphatic rings. The predicted octanol–water partition coefficient (Wildman–Crippen LogP) is 0.632. The number of rotatable bonds is 9. The third kappa shape index (κ3) is 4.95. The van der Waals surface area contributed by atoms with Gasteiger partial charge in [-0.05, 0) is 6.42 Å². The number of primary amides is 1. The van der Waals surface area contributed by atoms with Crippen molar-refractivity contribution in [1.82, 2.24) is 4.72 Å². The lowest BCUT2D eigenvalue weighted by molar-refractivity contribution is -0.383. The highest BCUT2D eigenvalue weighted by molar-refractivity contribution is 7.91. The average molecular weight is 336 g/mol. The SMILES string of the molecule is CCCNc1sc(S(=O)(=O)NCCC(N)=O)cc1[N+](=O)[O-]. The summed E-state index contributed by atoms with van der Waals surface area (Å²) in [5, 5.41) is 13.9. The molecule has 0 aliphatic heterocycles. The molecule has 1 heterocycles. The summed E-state index contributed by atoms with van der Waals surface area (Å²) in [6, 6.07) is 0.995. The number of thiophene rings is 1. The summed E-state index contributed by atoms with van der Waals surface area (Å²) in [5.41, 5.74) is 4.62. The number of hydrogen-bond donors (Lipinski definition) is 3. The van der Waals surface area contributed by atoms with E-state index in [9.17, 15) is 23.3 Å². The van der Waals surface area contributed by atoms with E-state index in [0.717, 1.165) is 23.8 Å². The van der Waals surface area contributed by atoms with Crippen LogP contribution >= 0.6 is 11.3 Å². The van der Waals surface area contributed by atoms with Gasteiger partial charge in [0.15, 0.2) is 5.00 Å². The molecular weight excluding hydrogens is 320 g/mol. The number of hydrogen-bond acceptors (Lipinski definition) is 7. The van der Waals surface area contributed by atoms with Gasteiger partial charge in [0.25, 0.3) is 0 Å². The molecule has 1 aromatic rings. The number of amides is 1. The first-order chi connectivity index (χ1) is 9.77. The molecule has 0 bridgehead atoms. The van der Waals surface area contributed by atoms with Crippen LogP contribution in [0.15, 0.2) is 10.3 Å². The first-order valence-electron chi connectivity index (χ1n) is 6.08. The zero-order valence-electron chi connectivity index (χ0n) is 11.3. The summed E-state index contributed by atoms with van der Waals surface area (Å²) in [6.07, 6.45) is 0.599. The standard InChI is InChI=1S/C10H16N4O5S2/c1-2-4-12-10-7(14(16)17)6-9(20-10)21(18,19)13-5-3-8(11)15/h6,12-13H,2-5H2,1H3,(H2,11,15). The second-order valence-electron chi connectivity index (χ2n) is 4.08. The maximum Gasteiger partial charge on any atom is 0.304 e. The van der Waals surface area contributed by atoms with E-state index >= 15 is 0 Å². The fraction of sp³-hybridized carbons (Fsp3) is 0.500.